The molecule has 2 aliphatic heterocycles. The van der Waals surface area contributed by atoms with Crippen LogP contribution in [0.15, 0.2) is 24.3 Å². The fourth-order valence-corrected chi connectivity index (χ4v) is 4.10. The molecule has 25 heavy (non-hydrogen) atoms. The minimum Gasteiger partial charge on any atom is -0.314 e. The summed E-state index contributed by atoms with van der Waals surface area (Å²) in [5, 5.41) is 20.2. The van der Waals surface area contributed by atoms with Crippen LogP contribution in [0.5, 0.6) is 0 Å². The molecule has 0 spiro atoms. The summed E-state index contributed by atoms with van der Waals surface area (Å²) in [6.07, 6.45) is 6.74. The van der Waals surface area contributed by atoms with Crippen molar-refractivity contribution in [2.45, 2.75) is 57.7 Å². The molecule has 0 saturated carbocycles. The Morgan fingerprint density at radius 1 is 1.12 bits per heavy atom. The number of rotatable bonds is 4. The molecule has 132 valence electrons. The zero-order valence-electron chi connectivity index (χ0n) is 14.3. The monoisotopic (exact) mass is 341 g/mol. The standard InChI is InChI=1S/C18H23N5O2/c24-23(25)15-8-4-3-7-14(15)13-21-11-6-9-16(21)18-20-19-17-10-2-1-5-12-22(17)18/h3-4,7-8,16H,1-2,5-6,9-13H2. The molecule has 1 aromatic carbocycles. The zero-order valence-corrected chi connectivity index (χ0v) is 14.3. The second kappa shape index (κ2) is 6.92. The minimum absolute atomic E-state index is 0.202. The molecule has 1 aromatic heterocycles. The molecule has 0 aliphatic carbocycles. The summed E-state index contributed by atoms with van der Waals surface area (Å²) in [5.74, 6) is 2.15. The predicted octanol–water partition coefficient (Wildman–Crippen LogP) is 3.25. The van der Waals surface area contributed by atoms with Crippen LogP contribution in [0.1, 0.15) is 55.4 Å². The van der Waals surface area contributed by atoms with E-state index < -0.39 is 0 Å². The average Bonchev–Trinajstić information content (AvgIpc) is 3.15. The maximum atomic E-state index is 11.3. The topological polar surface area (TPSA) is 77.1 Å². The number of benzene rings is 1. The van der Waals surface area contributed by atoms with Gasteiger partial charge in [-0.1, -0.05) is 24.6 Å². The van der Waals surface area contributed by atoms with Crippen molar-refractivity contribution in [3.8, 4) is 0 Å². The summed E-state index contributed by atoms with van der Waals surface area (Å²) < 4.78 is 2.30. The maximum Gasteiger partial charge on any atom is 0.273 e. The van der Waals surface area contributed by atoms with Crippen LogP contribution in [-0.2, 0) is 19.5 Å². The highest BCUT2D eigenvalue weighted by molar-refractivity contribution is 5.39. The van der Waals surface area contributed by atoms with Crippen molar-refractivity contribution < 1.29 is 4.92 Å². The molecular weight excluding hydrogens is 318 g/mol. The molecule has 2 aromatic rings. The Balaban J connectivity index is 1.60. The molecular formula is C18H23N5O2. The summed E-state index contributed by atoms with van der Waals surface area (Å²) in [4.78, 5) is 13.3. The van der Waals surface area contributed by atoms with Gasteiger partial charge in [0.15, 0.2) is 0 Å². The third-order valence-corrected chi connectivity index (χ3v) is 5.36. The van der Waals surface area contributed by atoms with Crippen LogP contribution in [0.4, 0.5) is 5.69 Å². The molecule has 0 radical (unpaired) electrons. The first-order valence-corrected chi connectivity index (χ1v) is 9.12. The van der Waals surface area contributed by atoms with Gasteiger partial charge in [-0.25, -0.2) is 0 Å². The number of hydrogen-bond donors (Lipinski definition) is 0. The third kappa shape index (κ3) is 3.16. The van der Waals surface area contributed by atoms with E-state index in [1.165, 1.54) is 19.3 Å². The molecule has 4 rings (SSSR count). The van der Waals surface area contributed by atoms with Crippen molar-refractivity contribution in [1.29, 1.82) is 0 Å². The summed E-state index contributed by atoms with van der Waals surface area (Å²) in [7, 11) is 0. The van der Waals surface area contributed by atoms with Crippen molar-refractivity contribution in [3.05, 3.63) is 51.6 Å². The van der Waals surface area contributed by atoms with Crippen molar-refractivity contribution in [1.82, 2.24) is 19.7 Å². The van der Waals surface area contributed by atoms with Crippen molar-refractivity contribution >= 4 is 5.69 Å². The van der Waals surface area contributed by atoms with E-state index in [1.54, 1.807) is 12.1 Å². The number of fused-ring (bicyclic) bond motifs is 1. The highest BCUT2D eigenvalue weighted by Crippen LogP contribution is 2.34. The largest absolute Gasteiger partial charge is 0.314 e. The lowest BCUT2D eigenvalue weighted by Crippen LogP contribution is -2.26. The lowest BCUT2D eigenvalue weighted by molar-refractivity contribution is -0.385. The van der Waals surface area contributed by atoms with Crippen LogP contribution < -0.4 is 0 Å². The van der Waals surface area contributed by atoms with Crippen LogP contribution in [0, 0.1) is 10.1 Å². The summed E-state index contributed by atoms with van der Waals surface area (Å²) in [5.41, 5.74) is 0.975. The lowest BCUT2D eigenvalue weighted by atomic mass is 10.1. The second-order valence-corrected chi connectivity index (χ2v) is 6.95. The molecule has 3 heterocycles. The first-order valence-electron chi connectivity index (χ1n) is 9.12. The normalized spacial score (nSPS) is 21.0. The molecule has 1 saturated heterocycles. The Hall–Kier alpha value is -2.28. The van der Waals surface area contributed by atoms with E-state index in [9.17, 15) is 10.1 Å². The highest BCUT2D eigenvalue weighted by atomic mass is 16.6. The Morgan fingerprint density at radius 2 is 2.00 bits per heavy atom. The molecule has 2 aliphatic rings. The van der Waals surface area contributed by atoms with Gasteiger partial charge in [0.05, 0.1) is 11.0 Å². The smallest absolute Gasteiger partial charge is 0.273 e. The van der Waals surface area contributed by atoms with Gasteiger partial charge in [0.25, 0.3) is 5.69 Å². The summed E-state index contributed by atoms with van der Waals surface area (Å²) in [6, 6.07) is 7.25. The number of likely N-dealkylation sites (tertiary alicyclic amines) is 1. The summed E-state index contributed by atoms with van der Waals surface area (Å²) >= 11 is 0. The van der Waals surface area contributed by atoms with Gasteiger partial charge in [0, 0.05) is 31.1 Å². The van der Waals surface area contributed by atoms with E-state index in [2.05, 4.69) is 19.7 Å². The first kappa shape index (κ1) is 16.2. The SMILES string of the molecule is O=[N+]([O-])c1ccccc1CN1CCCC1c1nnc2n1CCCCC2. The number of nitro groups is 1. The van der Waals surface area contributed by atoms with Crippen LogP contribution in [0.25, 0.3) is 0 Å². The number of aryl methyl sites for hydroxylation is 1. The molecule has 0 bridgehead atoms. The Labute approximate surface area is 146 Å². The number of hydrogen-bond acceptors (Lipinski definition) is 5. The van der Waals surface area contributed by atoms with Gasteiger partial charge in [-0.3, -0.25) is 15.0 Å². The fourth-order valence-electron chi connectivity index (χ4n) is 4.10. The third-order valence-electron chi connectivity index (χ3n) is 5.36. The lowest BCUT2D eigenvalue weighted by Gasteiger charge is -2.24. The van der Waals surface area contributed by atoms with Crippen LogP contribution in [0.2, 0.25) is 0 Å². The molecule has 7 heteroatoms. The first-order chi connectivity index (χ1) is 12.2. The van der Waals surface area contributed by atoms with Crippen molar-refractivity contribution in [2.24, 2.45) is 0 Å². The van der Waals surface area contributed by atoms with E-state index in [0.717, 1.165) is 49.6 Å². The van der Waals surface area contributed by atoms with Crippen LogP contribution in [-0.4, -0.2) is 31.1 Å². The fraction of sp³-hybridized carbons (Fsp3) is 0.556. The molecule has 0 N–H and O–H groups in total. The second-order valence-electron chi connectivity index (χ2n) is 6.95. The van der Waals surface area contributed by atoms with Gasteiger partial charge >= 0.3 is 0 Å². The molecule has 1 unspecified atom stereocenters. The Bertz CT molecular complexity index is 773. The average molecular weight is 341 g/mol. The van der Waals surface area contributed by atoms with Gasteiger partial charge in [0.2, 0.25) is 0 Å². The maximum absolute atomic E-state index is 11.3. The van der Waals surface area contributed by atoms with Gasteiger partial charge in [-0.15, -0.1) is 10.2 Å². The zero-order chi connectivity index (χ0) is 17.2. The van der Waals surface area contributed by atoms with Gasteiger partial charge in [0.1, 0.15) is 11.6 Å². The molecule has 0 amide bonds. The van der Waals surface area contributed by atoms with Crippen molar-refractivity contribution in [2.75, 3.05) is 6.54 Å². The number of aromatic nitrogens is 3. The molecule has 7 nitrogen and oxygen atoms in total. The minimum atomic E-state index is -0.288. The number of nitro benzene ring substituents is 1. The highest BCUT2D eigenvalue weighted by Gasteiger charge is 2.32. The number of para-hydroxylation sites is 1. The van der Waals surface area contributed by atoms with E-state index in [4.69, 9.17) is 0 Å². The summed E-state index contributed by atoms with van der Waals surface area (Å²) in [6.45, 7) is 2.52. The molecule has 1 atom stereocenters. The van der Waals surface area contributed by atoms with E-state index in [1.807, 2.05) is 12.1 Å². The van der Waals surface area contributed by atoms with E-state index in [-0.39, 0.29) is 16.7 Å². The van der Waals surface area contributed by atoms with Gasteiger partial charge < -0.3 is 4.57 Å². The Morgan fingerprint density at radius 3 is 2.88 bits per heavy atom. The van der Waals surface area contributed by atoms with E-state index >= 15 is 0 Å². The van der Waals surface area contributed by atoms with Crippen molar-refractivity contribution in [3.63, 3.8) is 0 Å². The van der Waals surface area contributed by atoms with Gasteiger partial charge in [-0.05, 0) is 32.2 Å². The molecule has 1 fully saturated rings. The van der Waals surface area contributed by atoms with E-state index in [0.29, 0.717) is 6.54 Å². The predicted molar refractivity (Wildman–Crippen MR) is 93.1 cm³/mol. The van der Waals surface area contributed by atoms with Crippen LogP contribution >= 0.6 is 0 Å². The van der Waals surface area contributed by atoms with Crippen LogP contribution in [0.3, 0.4) is 0 Å². The van der Waals surface area contributed by atoms with Gasteiger partial charge in [-0.2, -0.15) is 0 Å². The Kier molecular flexibility index (Phi) is 4.48. The number of nitrogens with zero attached hydrogens (tertiary/aromatic N) is 5. The quantitative estimate of drug-likeness (QED) is 0.630.